The van der Waals surface area contributed by atoms with E-state index in [1.54, 1.807) is 7.11 Å². The molecule has 0 N–H and O–H groups in total. The molecule has 1 fully saturated rings. The summed E-state index contributed by atoms with van der Waals surface area (Å²) in [7, 11) is -3.83. The molecule has 1 aromatic rings. The van der Waals surface area contributed by atoms with E-state index < -0.39 is 15.6 Å². The van der Waals surface area contributed by atoms with Crippen LogP contribution in [0.5, 0.6) is 5.75 Å². The lowest BCUT2D eigenvalue weighted by Gasteiger charge is -2.08. The molecule has 4 nitrogen and oxygen atoms in total. The maximum Gasteiger partial charge on any atom is 0.485 e. The third kappa shape index (κ3) is 5.76. The van der Waals surface area contributed by atoms with Crippen molar-refractivity contribution in [2.75, 3.05) is 18.6 Å². The first-order valence-corrected chi connectivity index (χ1v) is 8.96. The van der Waals surface area contributed by atoms with Crippen LogP contribution in [0.25, 0.3) is 0 Å². The Hall–Kier alpha value is -0.930. The van der Waals surface area contributed by atoms with E-state index in [0.717, 1.165) is 5.75 Å². The zero-order chi connectivity index (χ0) is 16.1. The summed E-state index contributed by atoms with van der Waals surface area (Å²) in [5.41, 5.74) is -5.65. The lowest BCUT2D eigenvalue weighted by molar-refractivity contribution is -0.0517. The summed E-state index contributed by atoms with van der Waals surface area (Å²) in [5, 5.41) is 0. The van der Waals surface area contributed by atoms with Crippen molar-refractivity contribution >= 4 is 21.0 Å². The molecule has 1 aromatic carbocycles. The molecule has 0 amide bonds. The SMILES string of the molecule is COc1ccc([S+]2CCCC2)cc1.O=S(=O)([O-])C(F)(F)F. The van der Waals surface area contributed by atoms with E-state index in [2.05, 4.69) is 24.3 Å². The van der Waals surface area contributed by atoms with Gasteiger partial charge in [-0.2, -0.15) is 13.2 Å². The van der Waals surface area contributed by atoms with E-state index in [1.165, 1.54) is 29.2 Å². The van der Waals surface area contributed by atoms with Crippen molar-refractivity contribution in [3.63, 3.8) is 0 Å². The number of benzene rings is 1. The Kier molecular flexibility index (Phi) is 6.36. The van der Waals surface area contributed by atoms with Crippen molar-refractivity contribution in [2.24, 2.45) is 0 Å². The molecule has 1 aliphatic heterocycles. The van der Waals surface area contributed by atoms with Crippen LogP contribution < -0.4 is 4.74 Å². The molecule has 0 atom stereocenters. The summed E-state index contributed by atoms with van der Waals surface area (Å²) in [6, 6.07) is 8.57. The highest BCUT2D eigenvalue weighted by molar-refractivity contribution is 7.97. The van der Waals surface area contributed by atoms with Gasteiger partial charge < -0.3 is 9.29 Å². The third-order valence-corrected chi connectivity index (χ3v) is 5.78. The lowest BCUT2D eigenvalue weighted by Crippen LogP contribution is -2.21. The topological polar surface area (TPSA) is 66.4 Å². The zero-order valence-corrected chi connectivity index (χ0v) is 12.9. The summed E-state index contributed by atoms with van der Waals surface area (Å²) < 4.78 is 64.0. The molecule has 120 valence electrons. The second kappa shape index (κ2) is 7.37. The highest BCUT2D eigenvalue weighted by Gasteiger charge is 2.36. The Morgan fingerprint density at radius 2 is 1.57 bits per heavy atom. The van der Waals surface area contributed by atoms with Crippen LogP contribution in [-0.2, 0) is 21.0 Å². The fourth-order valence-electron chi connectivity index (χ4n) is 1.66. The molecule has 1 saturated heterocycles. The van der Waals surface area contributed by atoms with Gasteiger partial charge in [0.25, 0.3) is 0 Å². The maximum atomic E-state index is 10.7. The minimum Gasteiger partial charge on any atom is -0.741 e. The number of rotatable bonds is 2. The Labute approximate surface area is 124 Å². The Morgan fingerprint density at radius 3 is 1.90 bits per heavy atom. The Balaban J connectivity index is 0.000000240. The van der Waals surface area contributed by atoms with Gasteiger partial charge in [-0.15, -0.1) is 0 Å². The minimum absolute atomic E-state index is 0.544. The number of hydrogen-bond donors (Lipinski definition) is 0. The fraction of sp³-hybridized carbons (Fsp3) is 0.500. The van der Waals surface area contributed by atoms with Crippen LogP contribution in [0, 0.1) is 0 Å². The fourth-order valence-corrected chi connectivity index (χ4v) is 3.96. The molecule has 0 unspecified atom stereocenters. The van der Waals surface area contributed by atoms with Gasteiger partial charge in [-0.3, -0.25) is 0 Å². The maximum absolute atomic E-state index is 10.7. The summed E-state index contributed by atoms with van der Waals surface area (Å²) in [5.74, 6) is 3.75. The van der Waals surface area contributed by atoms with Gasteiger partial charge in [0.05, 0.1) is 7.11 Å². The van der Waals surface area contributed by atoms with Crippen molar-refractivity contribution in [1.82, 2.24) is 0 Å². The molecule has 1 heterocycles. The minimum atomic E-state index is -6.09. The summed E-state index contributed by atoms with van der Waals surface area (Å²) >= 11 is 0. The van der Waals surface area contributed by atoms with Gasteiger partial charge in [0.15, 0.2) is 15.0 Å². The molecule has 1 aliphatic rings. The quantitative estimate of drug-likeness (QED) is 0.470. The number of methoxy groups -OCH3 is 1. The van der Waals surface area contributed by atoms with Crippen LogP contribution in [0.2, 0.25) is 0 Å². The van der Waals surface area contributed by atoms with Gasteiger partial charge >= 0.3 is 5.51 Å². The molecule has 0 bridgehead atoms. The normalized spacial score (nSPS) is 16.2. The molecular weight excluding hydrogens is 329 g/mol. The second-order valence-corrected chi connectivity index (χ2v) is 7.83. The van der Waals surface area contributed by atoms with E-state index >= 15 is 0 Å². The van der Waals surface area contributed by atoms with Gasteiger partial charge in [0, 0.05) is 10.9 Å². The molecule has 0 aliphatic carbocycles. The zero-order valence-electron chi connectivity index (χ0n) is 11.2. The molecule has 0 saturated carbocycles. The highest BCUT2D eigenvalue weighted by atomic mass is 32.2. The van der Waals surface area contributed by atoms with Gasteiger partial charge in [0.1, 0.15) is 17.3 Å². The first-order chi connectivity index (χ1) is 9.65. The smallest absolute Gasteiger partial charge is 0.485 e. The standard InChI is InChI=1S/C11H15OS.CHF3O3S/c1-12-10-4-6-11(7-5-10)13-8-2-3-9-13;2-1(3,4)8(5,6)7/h4-7H,2-3,8-9H2,1H3;(H,5,6,7)/q+1;/p-1. The molecule has 9 heteroatoms. The number of hydrogen-bond acceptors (Lipinski definition) is 4. The molecular formula is C12H15F3O4S2. The van der Waals surface area contributed by atoms with Gasteiger partial charge in [-0.05, 0) is 37.1 Å². The average Bonchev–Trinajstić information content (AvgIpc) is 2.91. The third-order valence-electron chi connectivity index (χ3n) is 2.71. The molecule has 2 rings (SSSR count). The Morgan fingerprint density at radius 1 is 1.14 bits per heavy atom. The Bertz CT molecular complexity index is 535. The van der Waals surface area contributed by atoms with Crippen LogP contribution in [0.3, 0.4) is 0 Å². The monoisotopic (exact) mass is 344 g/mol. The van der Waals surface area contributed by atoms with Crippen molar-refractivity contribution in [2.45, 2.75) is 23.2 Å². The van der Waals surface area contributed by atoms with Crippen molar-refractivity contribution < 1.29 is 30.9 Å². The number of ether oxygens (including phenoxy) is 1. The van der Waals surface area contributed by atoms with Gasteiger partial charge in [-0.1, -0.05) is 0 Å². The summed E-state index contributed by atoms with van der Waals surface area (Å²) in [6.45, 7) is 0. The predicted octanol–water partition coefficient (Wildman–Crippen LogP) is 2.52. The van der Waals surface area contributed by atoms with Crippen LogP contribution in [-0.4, -0.2) is 37.1 Å². The summed E-state index contributed by atoms with van der Waals surface area (Å²) in [6.07, 6.45) is 2.82. The van der Waals surface area contributed by atoms with Crippen molar-refractivity contribution in [3.8, 4) is 5.75 Å². The lowest BCUT2D eigenvalue weighted by atomic mass is 10.3. The first-order valence-electron chi connectivity index (χ1n) is 5.99. The van der Waals surface area contributed by atoms with Crippen LogP contribution in [0.4, 0.5) is 13.2 Å². The van der Waals surface area contributed by atoms with E-state index in [9.17, 15) is 13.2 Å². The molecule has 0 spiro atoms. The first kappa shape index (κ1) is 18.1. The number of halogens is 3. The van der Waals surface area contributed by atoms with E-state index in [0.29, 0.717) is 10.9 Å². The number of alkyl halides is 3. The van der Waals surface area contributed by atoms with E-state index in [-0.39, 0.29) is 0 Å². The summed E-state index contributed by atoms with van der Waals surface area (Å²) in [4.78, 5) is 1.51. The highest BCUT2D eigenvalue weighted by Crippen LogP contribution is 2.24. The predicted molar refractivity (Wildman–Crippen MR) is 73.3 cm³/mol. The van der Waals surface area contributed by atoms with E-state index in [1.807, 2.05) is 0 Å². The second-order valence-electron chi connectivity index (χ2n) is 4.18. The molecule has 0 aromatic heterocycles. The average molecular weight is 344 g/mol. The van der Waals surface area contributed by atoms with Crippen molar-refractivity contribution in [1.29, 1.82) is 0 Å². The van der Waals surface area contributed by atoms with Crippen LogP contribution in [0.1, 0.15) is 12.8 Å². The van der Waals surface area contributed by atoms with Gasteiger partial charge in [0.2, 0.25) is 0 Å². The molecule has 21 heavy (non-hydrogen) atoms. The largest absolute Gasteiger partial charge is 0.741 e. The van der Waals surface area contributed by atoms with Gasteiger partial charge in [-0.25, -0.2) is 8.42 Å². The van der Waals surface area contributed by atoms with Crippen LogP contribution in [0.15, 0.2) is 29.2 Å². The van der Waals surface area contributed by atoms with Crippen molar-refractivity contribution in [3.05, 3.63) is 24.3 Å². The van der Waals surface area contributed by atoms with Crippen LogP contribution >= 0.6 is 0 Å². The molecule has 0 radical (unpaired) electrons. The van der Waals surface area contributed by atoms with E-state index in [4.69, 9.17) is 17.7 Å².